The first-order valence-corrected chi connectivity index (χ1v) is 7.41. The van der Waals surface area contributed by atoms with Gasteiger partial charge in [-0.15, -0.1) is 0 Å². The fourth-order valence-electron chi connectivity index (χ4n) is 2.51. The summed E-state index contributed by atoms with van der Waals surface area (Å²) < 4.78 is 11.7. The smallest absolute Gasteiger partial charge is 0.137 e. The Bertz CT molecular complexity index is 657. The molecule has 0 bridgehead atoms. The minimum atomic E-state index is 0.0507. The quantitative estimate of drug-likeness (QED) is 0.940. The van der Waals surface area contributed by atoms with Gasteiger partial charge < -0.3 is 15.2 Å². The summed E-state index contributed by atoms with van der Waals surface area (Å²) in [6.07, 6.45) is 0.931. The van der Waals surface area contributed by atoms with Crippen LogP contribution in [0.2, 0.25) is 5.02 Å². The van der Waals surface area contributed by atoms with Crippen LogP contribution in [0.15, 0.2) is 36.4 Å². The molecule has 0 spiro atoms. The number of benzene rings is 2. The molecule has 0 radical (unpaired) electrons. The summed E-state index contributed by atoms with van der Waals surface area (Å²) >= 11 is 6.12. The van der Waals surface area contributed by atoms with Crippen molar-refractivity contribution in [2.24, 2.45) is 5.73 Å². The number of aryl methyl sites for hydroxylation is 1. The Hall–Kier alpha value is -1.71. The predicted octanol–water partition coefficient (Wildman–Crippen LogP) is 3.49. The molecule has 2 aromatic rings. The summed E-state index contributed by atoms with van der Waals surface area (Å²) in [6.45, 7) is 3.02. The van der Waals surface area contributed by atoms with Crippen molar-refractivity contribution in [3.63, 3.8) is 0 Å². The second-order valence-corrected chi connectivity index (χ2v) is 5.73. The molecular formula is C17H18ClNO2. The lowest BCUT2D eigenvalue weighted by atomic mass is 10.1. The van der Waals surface area contributed by atoms with E-state index < -0.39 is 0 Å². The van der Waals surface area contributed by atoms with Crippen LogP contribution in [0, 0.1) is 6.92 Å². The van der Waals surface area contributed by atoms with Crippen LogP contribution in [0.25, 0.3) is 0 Å². The van der Waals surface area contributed by atoms with Gasteiger partial charge in [0.1, 0.15) is 24.2 Å². The Labute approximate surface area is 129 Å². The molecule has 3 nitrogen and oxygen atoms in total. The molecule has 1 unspecified atom stereocenters. The lowest BCUT2D eigenvalue weighted by molar-refractivity contribution is 0.148. The third-order valence-corrected chi connectivity index (χ3v) is 3.99. The number of rotatable bonds is 4. The molecule has 1 atom stereocenters. The van der Waals surface area contributed by atoms with Crippen molar-refractivity contribution in [3.05, 3.63) is 58.1 Å². The number of nitrogens with two attached hydrogens (primary N) is 1. The number of fused-ring (bicyclic) bond motifs is 1. The Morgan fingerprint density at radius 1 is 1.29 bits per heavy atom. The monoisotopic (exact) mass is 303 g/mol. The Kier molecular flexibility index (Phi) is 4.04. The van der Waals surface area contributed by atoms with E-state index >= 15 is 0 Å². The zero-order chi connectivity index (χ0) is 14.8. The maximum atomic E-state index is 6.12. The molecule has 1 aliphatic heterocycles. The van der Waals surface area contributed by atoms with E-state index in [0.29, 0.717) is 18.2 Å². The average Bonchev–Trinajstić information content (AvgIpc) is 2.87. The summed E-state index contributed by atoms with van der Waals surface area (Å²) in [5, 5.41) is 0.640. The van der Waals surface area contributed by atoms with Gasteiger partial charge in [0.2, 0.25) is 0 Å². The minimum absolute atomic E-state index is 0.0507. The maximum absolute atomic E-state index is 6.12. The third kappa shape index (κ3) is 3.14. The van der Waals surface area contributed by atoms with Crippen molar-refractivity contribution >= 4 is 11.6 Å². The standard InChI is InChI=1S/C17H18ClNO2/c1-11-2-5-17-13(6-11)7-15(21-17)10-20-14-4-3-12(9-19)16(18)8-14/h2-6,8,15H,7,9-10,19H2,1H3. The van der Waals surface area contributed by atoms with Gasteiger partial charge in [0, 0.05) is 18.0 Å². The molecule has 0 aliphatic carbocycles. The molecule has 2 aromatic carbocycles. The minimum Gasteiger partial charge on any atom is -0.490 e. The highest BCUT2D eigenvalue weighted by Gasteiger charge is 2.23. The van der Waals surface area contributed by atoms with Gasteiger partial charge in [0.05, 0.1) is 0 Å². The second-order valence-electron chi connectivity index (χ2n) is 5.32. The molecule has 1 heterocycles. The van der Waals surface area contributed by atoms with Gasteiger partial charge >= 0.3 is 0 Å². The largest absolute Gasteiger partial charge is 0.490 e. The van der Waals surface area contributed by atoms with Gasteiger partial charge in [-0.3, -0.25) is 0 Å². The van der Waals surface area contributed by atoms with Crippen molar-refractivity contribution in [2.45, 2.75) is 26.0 Å². The summed E-state index contributed by atoms with van der Waals surface area (Å²) in [4.78, 5) is 0. The fourth-order valence-corrected chi connectivity index (χ4v) is 2.76. The Morgan fingerprint density at radius 2 is 2.14 bits per heavy atom. The number of halogens is 1. The van der Waals surface area contributed by atoms with Crippen LogP contribution < -0.4 is 15.2 Å². The van der Waals surface area contributed by atoms with E-state index in [2.05, 4.69) is 19.1 Å². The number of ether oxygens (including phenoxy) is 2. The first-order chi connectivity index (χ1) is 10.2. The topological polar surface area (TPSA) is 44.5 Å². The van der Waals surface area contributed by atoms with Gasteiger partial charge in [0.25, 0.3) is 0 Å². The Balaban J connectivity index is 1.61. The molecule has 0 amide bonds. The number of hydrogen-bond donors (Lipinski definition) is 1. The average molecular weight is 304 g/mol. The van der Waals surface area contributed by atoms with Gasteiger partial charge in [-0.1, -0.05) is 35.4 Å². The molecule has 0 saturated carbocycles. The normalized spacial score (nSPS) is 16.4. The molecule has 0 aromatic heterocycles. The zero-order valence-corrected chi connectivity index (χ0v) is 12.7. The van der Waals surface area contributed by atoms with Crippen molar-refractivity contribution in [1.29, 1.82) is 0 Å². The van der Waals surface area contributed by atoms with E-state index in [1.54, 1.807) is 6.07 Å². The molecule has 110 valence electrons. The SMILES string of the molecule is Cc1ccc2c(c1)CC(COc1ccc(CN)c(Cl)c1)O2. The molecule has 4 heteroatoms. The van der Waals surface area contributed by atoms with E-state index in [1.807, 2.05) is 18.2 Å². The van der Waals surface area contributed by atoms with Crippen molar-refractivity contribution in [3.8, 4) is 11.5 Å². The molecule has 1 aliphatic rings. The molecule has 3 rings (SSSR count). The van der Waals surface area contributed by atoms with E-state index in [0.717, 1.165) is 23.5 Å². The van der Waals surface area contributed by atoms with Crippen LogP contribution in [0.4, 0.5) is 0 Å². The van der Waals surface area contributed by atoms with Crippen molar-refractivity contribution in [1.82, 2.24) is 0 Å². The lowest BCUT2D eigenvalue weighted by Crippen LogP contribution is -2.22. The van der Waals surface area contributed by atoms with Gasteiger partial charge in [-0.25, -0.2) is 0 Å². The van der Waals surface area contributed by atoms with Crippen molar-refractivity contribution < 1.29 is 9.47 Å². The van der Waals surface area contributed by atoms with Crippen molar-refractivity contribution in [2.75, 3.05) is 6.61 Å². The van der Waals surface area contributed by atoms with Crippen LogP contribution in [0.3, 0.4) is 0 Å². The summed E-state index contributed by atoms with van der Waals surface area (Å²) in [5.41, 5.74) is 9.01. The number of hydrogen-bond acceptors (Lipinski definition) is 3. The lowest BCUT2D eigenvalue weighted by Gasteiger charge is -2.13. The first-order valence-electron chi connectivity index (χ1n) is 7.03. The molecular weight excluding hydrogens is 286 g/mol. The summed E-state index contributed by atoms with van der Waals surface area (Å²) in [7, 11) is 0. The van der Waals surface area contributed by atoms with Gasteiger partial charge in [0.15, 0.2) is 0 Å². The highest BCUT2D eigenvalue weighted by Crippen LogP contribution is 2.30. The van der Waals surface area contributed by atoms with E-state index in [1.165, 1.54) is 11.1 Å². The maximum Gasteiger partial charge on any atom is 0.137 e. The molecule has 21 heavy (non-hydrogen) atoms. The second kappa shape index (κ2) is 5.96. The molecule has 0 fully saturated rings. The zero-order valence-electron chi connectivity index (χ0n) is 11.9. The predicted molar refractivity (Wildman–Crippen MR) is 84.1 cm³/mol. The van der Waals surface area contributed by atoms with E-state index in [-0.39, 0.29) is 6.10 Å². The van der Waals surface area contributed by atoms with Crippen LogP contribution in [0.5, 0.6) is 11.5 Å². The summed E-state index contributed by atoms with van der Waals surface area (Å²) in [5.74, 6) is 1.71. The summed E-state index contributed by atoms with van der Waals surface area (Å²) in [6, 6.07) is 11.8. The fraction of sp³-hybridized carbons (Fsp3) is 0.294. The van der Waals surface area contributed by atoms with Crippen LogP contribution >= 0.6 is 11.6 Å². The van der Waals surface area contributed by atoms with Gasteiger partial charge in [-0.05, 0) is 36.2 Å². The molecule has 0 saturated heterocycles. The van der Waals surface area contributed by atoms with Gasteiger partial charge in [-0.2, -0.15) is 0 Å². The highest BCUT2D eigenvalue weighted by atomic mass is 35.5. The van der Waals surface area contributed by atoms with Crippen LogP contribution in [0.1, 0.15) is 16.7 Å². The molecule has 2 N–H and O–H groups in total. The van der Waals surface area contributed by atoms with E-state index in [4.69, 9.17) is 26.8 Å². The Morgan fingerprint density at radius 3 is 2.90 bits per heavy atom. The van der Waals surface area contributed by atoms with Crippen LogP contribution in [-0.2, 0) is 13.0 Å². The first kappa shape index (κ1) is 14.2. The third-order valence-electron chi connectivity index (χ3n) is 3.64. The van der Waals surface area contributed by atoms with E-state index in [9.17, 15) is 0 Å². The van der Waals surface area contributed by atoms with Crippen LogP contribution in [-0.4, -0.2) is 12.7 Å². The highest BCUT2D eigenvalue weighted by molar-refractivity contribution is 6.31.